The minimum Gasteiger partial charge on any atom is -0.252 e. The van der Waals surface area contributed by atoms with E-state index >= 15 is 0 Å². The molecule has 0 bridgehead atoms. The zero-order chi connectivity index (χ0) is 35.6. The van der Waals surface area contributed by atoms with Crippen LogP contribution in [0.2, 0.25) is 0 Å². The molecule has 2 aromatic carbocycles. The third kappa shape index (κ3) is 5.33. The van der Waals surface area contributed by atoms with Gasteiger partial charge in [0.2, 0.25) is 0 Å². The number of fused-ring (bicyclic) bond motifs is 2. The molecular weight excluding hydrogens is 643 g/mol. The molecule has 9 nitrogen and oxygen atoms in total. The Balaban J connectivity index is 0.000000188. The smallest absolute Gasteiger partial charge is 0.252 e. The Morgan fingerprint density at radius 1 is 0.521 bits per heavy atom. The lowest BCUT2D eigenvalue weighted by atomic mass is 9.92. The Morgan fingerprint density at radius 3 is 1.48 bits per heavy atom. The van der Waals surface area contributed by atoms with Gasteiger partial charge in [0.05, 0.1) is 4.91 Å². The molecule has 0 N–H and O–H groups in total. The van der Waals surface area contributed by atoms with Crippen molar-refractivity contribution in [3.63, 3.8) is 0 Å². The van der Waals surface area contributed by atoms with E-state index in [-0.39, 0.29) is 0 Å². The molecule has 11 heteroatoms. The van der Waals surface area contributed by atoms with Gasteiger partial charge in [-0.25, -0.2) is 26.8 Å². The molecule has 0 aliphatic carbocycles. The summed E-state index contributed by atoms with van der Waals surface area (Å²) in [5.41, 5.74) is 13.0. The van der Waals surface area contributed by atoms with Gasteiger partial charge < -0.3 is 0 Å². The topological polar surface area (TPSA) is 113 Å². The monoisotopic (exact) mass is 685 g/mol. The standard InChI is InChI=1S/C19H22N2O2S.C18H21N3O2S/c1-11-10-12(2)17(14(4)13(11)3)18-15(5)16-8-7-9-20-19(16)21(6)24(18,22)23;1-10-9-11(2)15(13(4)12(10)3)17-14(5)16-18(20-8-7-19-16)21(6)24(17,22)23/h7-10H,1-6H3;7-9H,1-6H3. The van der Waals surface area contributed by atoms with Crippen LogP contribution in [-0.4, -0.2) is 45.9 Å². The minimum absolute atomic E-state index is 0.330. The maximum Gasteiger partial charge on any atom is 0.266 e. The van der Waals surface area contributed by atoms with E-state index in [1.807, 2.05) is 80.5 Å². The number of anilines is 2. The zero-order valence-electron chi connectivity index (χ0n) is 29.7. The van der Waals surface area contributed by atoms with Crippen LogP contribution in [-0.2, 0) is 20.0 Å². The molecule has 2 aliphatic rings. The van der Waals surface area contributed by atoms with Gasteiger partial charge in [0.25, 0.3) is 20.0 Å². The summed E-state index contributed by atoms with van der Waals surface area (Å²) in [5, 5.41) is 0. The van der Waals surface area contributed by atoms with Gasteiger partial charge in [0.1, 0.15) is 16.4 Å². The van der Waals surface area contributed by atoms with Crippen molar-refractivity contribution in [1.29, 1.82) is 0 Å². The van der Waals surface area contributed by atoms with Crippen molar-refractivity contribution in [2.24, 2.45) is 0 Å². The quantitative estimate of drug-likeness (QED) is 0.217. The van der Waals surface area contributed by atoms with Crippen LogP contribution in [0.4, 0.5) is 11.6 Å². The first-order chi connectivity index (χ1) is 22.3. The van der Waals surface area contributed by atoms with Crippen molar-refractivity contribution in [2.45, 2.75) is 69.2 Å². The second kappa shape index (κ2) is 12.3. The predicted octanol–water partition coefficient (Wildman–Crippen LogP) is 7.36. The summed E-state index contributed by atoms with van der Waals surface area (Å²) >= 11 is 0. The van der Waals surface area contributed by atoms with E-state index in [2.05, 4.69) is 27.9 Å². The lowest BCUT2D eigenvalue weighted by molar-refractivity contribution is 0.601. The molecule has 2 aromatic heterocycles. The summed E-state index contributed by atoms with van der Waals surface area (Å²) in [6.45, 7) is 19.8. The Labute approximate surface area is 285 Å². The van der Waals surface area contributed by atoms with Gasteiger partial charge in [-0.2, -0.15) is 0 Å². The van der Waals surface area contributed by atoms with Crippen molar-refractivity contribution in [3.8, 4) is 0 Å². The highest BCUT2D eigenvalue weighted by Gasteiger charge is 2.38. The highest BCUT2D eigenvalue weighted by Crippen LogP contribution is 2.45. The van der Waals surface area contributed by atoms with E-state index in [0.29, 0.717) is 32.7 Å². The fraction of sp³-hybridized carbons (Fsp3) is 0.324. The zero-order valence-corrected chi connectivity index (χ0v) is 31.4. The molecule has 2 aliphatic heterocycles. The first-order valence-corrected chi connectivity index (χ1v) is 18.6. The number of sulfonamides is 2. The van der Waals surface area contributed by atoms with Crippen molar-refractivity contribution in [2.75, 3.05) is 22.7 Å². The van der Waals surface area contributed by atoms with E-state index < -0.39 is 20.0 Å². The lowest BCUT2D eigenvalue weighted by Crippen LogP contribution is -2.33. The van der Waals surface area contributed by atoms with Gasteiger partial charge in [-0.15, -0.1) is 0 Å². The van der Waals surface area contributed by atoms with E-state index in [1.54, 1.807) is 19.4 Å². The van der Waals surface area contributed by atoms with E-state index in [9.17, 15) is 16.8 Å². The minimum atomic E-state index is -3.68. The van der Waals surface area contributed by atoms with Crippen LogP contribution in [0.1, 0.15) is 80.7 Å². The number of hydrogen-bond donors (Lipinski definition) is 0. The highest BCUT2D eigenvalue weighted by atomic mass is 32.2. The summed E-state index contributed by atoms with van der Waals surface area (Å²) in [5.74, 6) is 0.857. The van der Waals surface area contributed by atoms with Gasteiger partial charge in [-0.3, -0.25) is 13.6 Å². The molecule has 0 fully saturated rings. The van der Waals surface area contributed by atoms with Crippen LogP contribution in [0.3, 0.4) is 0 Å². The molecule has 0 spiro atoms. The number of aryl methyl sites for hydroxylation is 4. The van der Waals surface area contributed by atoms with Crippen molar-refractivity contribution in [3.05, 3.63) is 110 Å². The van der Waals surface area contributed by atoms with Crippen LogP contribution >= 0.6 is 0 Å². The van der Waals surface area contributed by atoms with E-state index in [4.69, 9.17) is 0 Å². The van der Waals surface area contributed by atoms with Crippen molar-refractivity contribution >= 4 is 52.6 Å². The van der Waals surface area contributed by atoms with E-state index in [0.717, 1.165) is 61.2 Å². The van der Waals surface area contributed by atoms with Gasteiger partial charge in [0, 0.05) is 49.4 Å². The van der Waals surface area contributed by atoms with Crippen LogP contribution < -0.4 is 8.61 Å². The number of allylic oxidation sites excluding steroid dienone is 2. The van der Waals surface area contributed by atoms with Crippen LogP contribution in [0.15, 0.2) is 42.9 Å². The molecule has 4 aromatic rings. The van der Waals surface area contributed by atoms with Gasteiger partial charge in [-0.1, -0.05) is 12.1 Å². The average molecular weight is 686 g/mol. The first-order valence-electron chi connectivity index (χ1n) is 15.7. The average Bonchev–Trinajstić information content (AvgIpc) is 3.04. The number of hydrogen-bond acceptors (Lipinski definition) is 7. The number of rotatable bonds is 2. The molecule has 0 saturated carbocycles. The summed E-state index contributed by atoms with van der Waals surface area (Å²) in [6, 6.07) is 7.87. The van der Waals surface area contributed by atoms with Crippen LogP contribution in [0.5, 0.6) is 0 Å². The Bertz CT molecular complexity index is 2140. The van der Waals surface area contributed by atoms with Gasteiger partial charge in [0.15, 0.2) is 5.82 Å². The number of pyridine rings is 1. The third-order valence-corrected chi connectivity index (χ3v) is 13.7. The SMILES string of the molecule is CC1=C(c2c(C)cc(C)c(C)c2C)S(=O)(=O)N(C)c2ncccc21.CC1=C(c2c(C)cc(C)c(C)c2C)S(=O)(=O)N(C)c2nccnc21. The van der Waals surface area contributed by atoms with Gasteiger partial charge >= 0.3 is 0 Å². The Hall–Kier alpha value is -4.35. The molecule has 0 unspecified atom stereocenters. The molecule has 48 heavy (non-hydrogen) atoms. The molecule has 4 heterocycles. The molecular formula is C37H43N5O4S2. The first kappa shape index (κ1) is 35.0. The molecule has 0 saturated heterocycles. The summed E-state index contributed by atoms with van der Waals surface area (Å²) < 4.78 is 55.3. The van der Waals surface area contributed by atoms with Crippen molar-refractivity contribution in [1.82, 2.24) is 15.0 Å². The molecule has 252 valence electrons. The number of benzene rings is 2. The second-order valence-electron chi connectivity index (χ2n) is 12.7. The summed E-state index contributed by atoms with van der Waals surface area (Å²) in [6.07, 6.45) is 4.72. The van der Waals surface area contributed by atoms with E-state index in [1.165, 1.54) is 27.4 Å². The fourth-order valence-electron chi connectivity index (χ4n) is 6.78. The van der Waals surface area contributed by atoms with Crippen LogP contribution in [0, 0.1) is 55.4 Å². The Kier molecular flexibility index (Phi) is 8.94. The Morgan fingerprint density at radius 2 is 0.958 bits per heavy atom. The molecule has 0 radical (unpaired) electrons. The maximum absolute atomic E-state index is 13.2. The summed E-state index contributed by atoms with van der Waals surface area (Å²) in [7, 11) is -4.23. The predicted molar refractivity (Wildman–Crippen MR) is 197 cm³/mol. The maximum atomic E-state index is 13.2. The third-order valence-electron chi connectivity index (χ3n) is 9.91. The normalized spacial score (nSPS) is 16.3. The van der Waals surface area contributed by atoms with Crippen molar-refractivity contribution < 1.29 is 16.8 Å². The van der Waals surface area contributed by atoms with Crippen LogP contribution in [0.25, 0.3) is 21.0 Å². The molecule has 0 amide bonds. The number of nitrogens with zero attached hydrogens (tertiary/aromatic N) is 5. The molecule has 6 rings (SSSR count). The second-order valence-corrected chi connectivity index (χ2v) is 16.5. The lowest BCUT2D eigenvalue weighted by Gasteiger charge is -2.30. The molecule has 0 atom stereocenters. The highest BCUT2D eigenvalue weighted by molar-refractivity contribution is 8.02. The number of aromatic nitrogens is 3. The van der Waals surface area contributed by atoms with Gasteiger partial charge in [-0.05, 0) is 137 Å². The fourth-order valence-corrected chi connectivity index (χ4v) is 10.2. The largest absolute Gasteiger partial charge is 0.266 e. The summed E-state index contributed by atoms with van der Waals surface area (Å²) in [4.78, 5) is 13.6.